The first-order valence-electron chi connectivity index (χ1n) is 6.37. The maximum Gasteiger partial charge on any atom is 0.0658 e. The van der Waals surface area contributed by atoms with Crippen molar-refractivity contribution in [3.05, 3.63) is 29.8 Å². The molecule has 1 N–H and O–H groups in total. The summed E-state index contributed by atoms with van der Waals surface area (Å²) in [6.45, 7) is 8.68. The third-order valence-electron chi connectivity index (χ3n) is 3.76. The maximum absolute atomic E-state index is 9.36. The highest BCUT2D eigenvalue weighted by Crippen LogP contribution is 2.25. The van der Waals surface area contributed by atoms with Crippen LogP contribution < -0.4 is 4.90 Å². The largest absolute Gasteiger partial charge is 0.394 e. The van der Waals surface area contributed by atoms with Gasteiger partial charge < -0.3 is 10.0 Å². The molecule has 0 aliphatic rings. The first-order valence-corrected chi connectivity index (χ1v) is 6.37. The van der Waals surface area contributed by atoms with Gasteiger partial charge in [0.15, 0.2) is 0 Å². The molecule has 1 unspecified atom stereocenters. The van der Waals surface area contributed by atoms with Crippen LogP contribution in [0.4, 0.5) is 5.69 Å². The summed E-state index contributed by atoms with van der Waals surface area (Å²) in [5.41, 5.74) is 2.31. The molecule has 0 fully saturated rings. The van der Waals surface area contributed by atoms with Gasteiger partial charge in [0.2, 0.25) is 0 Å². The van der Waals surface area contributed by atoms with Gasteiger partial charge in [-0.25, -0.2) is 0 Å². The lowest BCUT2D eigenvalue weighted by molar-refractivity contribution is 0.216. The minimum atomic E-state index is -0.224. The molecule has 1 rings (SSSR count). The molecule has 0 heterocycles. The number of hydrogen-bond acceptors (Lipinski definition) is 2. The molecule has 2 nitrogen and oxygen atoms in total. The predicted octanol–water partition coefficient (Wildman–Crippen LogP) is 3.41. The SMILES string of the molecule is CCC(C)c1ccc(N(C)C(C)(C)CO)cc1. The van der Waals surface area contributed by atoms with Crippen molar-refractivity contribution in [1.82, 2.24) is 0 Å². The molecule has 2 heteroatoms. The van der Waals surface area contributed by atoms with Gasteiger partial charge in [0.05, 0.1) is 12.1 Å². The smallest absolute Gasteiger partial charge is 0.0658 e. The van der Waals surface area contributed by atoms with E-state index in [0.717, 1.165) is 12.1 Å². The highest BCUT2D eigenvalue weighted by Gasteiger charge is 2.22. The zero-order valence-corrected chi connectivity index (χ0v) is 11.7. The Morgan fingerprint density at radius 2 is 1.76 bits per heavy atom. The molecular weight excluding hydrogens is 210 g/mol. The second-order valence-corrected chi connectivity index (χ2v) is 5.43. The van der Waals surface area contributed by atoms with Gasteiger partial charge in [0.1, 0.15) is 0 Å². The Balaban J connectivity index is 2.88. The van der Waals surface area contributed by atoms with Gasteiger partial charge in [-0.1, -0.05) is 26.0 Å². The lowest BCUT2D eigenvalue weighted by Crippen LogP contribution is -2.44. The molecule has 0 amide bonds. The average molecular weight is 235 g/mol. The molecule has 0 spiro atoms. The normalized spacial score (nSPS) is 13.5. The van der Waals surface area contributed by atoms with Crippen molar-refractivity contribution in [3.63, 3.8) is 0 Å². The van der Waals surface area contributed by atoms with Crippen LogP contribution in [-0.2, 0) is 0 Å². The highest BCUT2D eigenvalue weighted by molar-refractivity contribution is 5.49. The Kier molecular flexibility index (Phi) is 4.58. The topological polar surface area (TPSA) is 23.5 Å². The maximum atomic E-state index is 9.36. The standard InChI is InChI=1S/C15H25NO/c1-6-12(2)13-7-9-14(10-8-13)16(5)15(3,4)11-17/h7-10,12,17H,6,11H2,1-5H3. The molecule has 1 aromatic rings. The monoisotopic (exact) mass is 235 g/mol. The van der Waals surface area contributed by atoms with Crippen LogP contribution in [0.25, 0.3) is 0 Å². The van der Waals surface area contributed by atoms with Crippen LogP contribution in [-0.4, -0.2) is 24.3 Å². The zero-order chi connectivity index (χ0) is 13.1. The van der Waals surface area contributed by atoms with Gasteiger partial charge in [-0.05, 0) is 43.9 Å². The third kappa shape index (κ3) is 3.22. The number of aliphatic hydroxyl groups excluding tert-OH is 1. The minimum absolute atomic E-state index is 0.149. The summed E-state index contributed by atoms with van der Waals surface area (Å²) in [7, 11) is 2.02. The number of likely N-dealkylation sites (N-methyl/N-ethyl adjacent to an activating group) is 1. The molecule has 1 aromatic carbocycles. The van der Waals surface area contributed by atoms with Crippen molar-refractivity contribution < 1.29 is 5.11 Å². The molecule has 0 saturated heterocycles. The van der Waals surface area contributed by atoms with Crippen molar-refractivity contribution in [1.29, 1.82) is 0 Å². The van der Waals surface area contributed by atoms with E-state index >= 15 is 0 Å². The van der Waals surface area contributed by atoms with Crippen LogP contribution in [0.3, 0.4) is 0 Å². The highest BCUT2D eigenvalue weighted by atomic mass is 16.3. The van der Waals surface area contributed by atoms with E-state index in [1.165, 1.54) is 5.56 Å². The quantitative estimate of drug-likeness (QED) is 0.845. The fourth-order valence-electron chi connectivity index (χ4n) is 1.72. The van der Waals surface area contributed by atoms with E-state index in [9.17, 15) is 5.11 Å². The lowest BCUT2D eigenvalue weighted by Gasteiger charge is -2.36. The fraction of sp³-hybridized carbons (Fsp3) is 0.600. The Hall–Kier alpha value is -1.02. The van der Waals surface area contributed by atoms with Crippen LogP contribution in [0.2, 0.25) is 0 Å². The van der Waals surface area contributed by atoms with Crippen LogP contribution >= 0.6 is 0 Å². The lowest BCUT2D eigenvalue weighted by atomic mass is 9.97. The summed E-state index contributed by atoms with van der Waals surface area (Å²) in [6, 6.07) is 8.65. The van der Waals surface area contributed by atoms with Crippen molar-refractivity contribution in [3.8, 4) is 0 Å². The van der Waals surface area contributed by atoms with Crippen LogP contribution in [0.1, 0.15) is 45.6 Å². The van der Waals surface area contributed by atoms with Crippen molar-refractivity contribution >= 4 is 5.69 Å². The summed E-state index contributed by atoms with van der Waals surface area (Å²) < 4.78 is 0. The van der Waals surface area contributed by atoms with Gasteiger partial charge in [0.25, 0.3) is 0 Å². The second kappa shape index (κ2) is 5.54. The van der Waals surface area contributed by atoms with Gasteiger partial charge in [-0.3, -0.25) is 0 Å². The first kappa shape index (κ1) is 14.0. The van der Waals surface area contributed by atoms with Gasteiger partial charge >= 0.3 is 0 Å². The number of hydrogen-bond donors (Lipinski definition) is 1. The molecule has 96 valence electrons. The summed E-state index contributed by atoms with van der Waals surface area (Å²) in [5, 5.41) is 9.36. The zero-order valence-electron chi connectivity index (χ0n) is 11.7. The third-order valence-corrected chi connectivity index (χ3v) is 3.76. The Morgan fingerprint density at radius 1 is 1.24 bits per heavy atom. The number of anilines is 1. The molecule has 17 heavy (non-hydrogen) atoms. The van der Waals surface area contributed by atoms with E-state index in [-0.39, 0.29) is 12.1 Å². The van der Waals surface area contributed by atoms with Gasteiger partial charge in [-0.15, -0.1) is 0 Å². The van der Waals surface area contributed by atoms with E-state index in [4.69, 9.17) is 0 Å². The minimum Gasteiger partial charge on any atom is -0.394 e. The molecule has 0 saturated carbocycles. The number of nitrogens with zero attached hydrogens (tertiary/aromatic N) is 1. The Labute approximate surface area is 105 Å². The average Bonchev–Trinajstić information content (AvgIpc) is 2.37. The molecule has 0 aliphatic heterocycles. The molecule has 0 aromatic heterocycles. The second-order valence-electron chi connectivity index (χ2n) is 5.43. The molecule has 0 aliphatic carbocycles. The van der Waals surface area contributed by atoms with Crippen LogP contribution in [0.15, 0.2) is 24.3 Å². The van der Waals surface area contributed by atoms with E-state index < -0.39 is 0 Å². The van der Waals surface area contributed by atoms with E-state index in [2.05, 4.69) is 43.0 Å². The van der Waals surface area contributed by atoms with Crippen LogP contribution in [0, 0.1) is 0 Å². The van der Waals surface area contributed by atoms with Gasteiger partial charge in [0, 0.05) is 12.7 Å². The number of aliphatic hydroxyl groups is 1. The fourth-order valence-corrected chi connectivity index (χ4v) is 1.72. The van der Waals surface area contributed by atoms with Crippen LogP contribution in [0.5, 0.6) is 0 Å². The summed E-state index contributed by atoms with van der Waals surface area (Å²) in [4.78, 5) is 2.12. The number of rotatable bonds is 5. The summed E-state index contributed by atoms with van der Waals surface area (Å²) in [6.07, 6.45) is 1.16. The molecular formula is C15H25NO. The van der Waals surface area contributed by atoms with Gasteiger partial charge in [-0.2, -0.15) is 0 Å². The molecule has 1 atom stereocenters. The predicted molar refractivity (Wildman–Crippen MR) is 74.7 cm³/mol. The van der Waals surface area contributed by atoms with E-state index in [0.29, 0.717) is 5.92 Å². The van der Waals surface area contributed by atoms with E-state index in [1.807, 2.05) is 20.9 Å². The molecule has 0 bridgehead atoms. The van der Waals surface area contributed by atoms with E-state index in [1.54, 1.807) is 0 Å². The van der Waals surface area contributed by atoms with Crippen molar-refractivity contribution in [2.24, 2.45) is 0 Å². The molecule has 0 radical (unpaired) electrons. The Bertz CT molecular complexity index is 342. The van der Waals surface area contributed by atoms with Crippen molar-refractivity contribution in [2.75, 3.05) is 18.6 Å². The number of benzene rings is 1. The van der Waals surface area contributed by atoms with Crippen molar-refractivity contribution in [2.45, 2.75) is 45.6 Å². The Morgan fingerprint density at radius 3 is 2.18 bits per heavy atom. The first-order chi connectivity index (χ1) is 7.92. The summed E-state index contributed by atoms with van der Waals surface area (Å²) >= 11 is 0. The summed E-state index contributed by atoms with van der Waals surface area (Å²) in [5.74, 6) is 0.611.